The second kappa shape index (κ2) is 6.65. The van der Waals surface area contributed by atoms with E-state index in [1.165, 1.54) is 4.90 Å². The van der Waals surface area contributed by atoms with E-state index >= 15 is 0 Å². The lowest BCUT2D eigenvalue weighted by Crippen LogP contribution is -2.67. The van der Waals surface area contributed by atoms with Crippen molar-refractivity contribution in [3.63, 3.8) is 0 Å². The summed E-state index contributed by atoms with van der Waals surface area (Å²) in [5.41, 5.74) is 6.93. The summed E-state index contributed by atoms with van der Waals surface area (Å²) in [6.07, 6.45) is -0.477. The van der Waals surface area contributed by atoms with Crippen LogP contribution in [-0.2, 0) is 26.4 Å². The van der Waals surface area contributed by atoms with Gasteiger partial charge >= 0.3 is 0 Å². The molecule has 3 heterocycles. The summed E-state index contributed by atoms with van der Waals surface area (Å²) < 4.78 is 0. The average molecular weight is 406 g/mol. The van der Waals surface area contributed by atoms with Crippen LogP contribution in [0.5, 0.6) is 0 Å². The number of fused-ring (bicyclic) bond motifs is 5. The Morgan fingerprint density at radius 1 is 1.13 bits per heavy atom. The first-order chi connectivity index (χ1) is 14.4. The number of para-hydroxylation sites is 1. The number of ketones is 1. The normalized spacial score (nSPS) is 30.1. The third-order valence-electron chi connectivity index (χ3n) is 6.30. The number of benzene rings is 2. The first kappa shape index (κ1) is 18.8. The molecule has 3 aliphatic rings. The number of anilines is 1. The summed E-state index contributed by atoms with van der Waals surface area (Å²) in [5, 5.41) is 17.0. The molecule has 0 unspecified atom stereocenters. The summed E-state index contributed by atoms with van der Waals surface area (Å²) in [7, 11) is 0. The van der Waals surface area contributed by atoms with Gasteiger partial charge in [-0.05, 0) is 18.1 Å². The molecule has 2 fully saturated rings. The number of piperazine rings is 1. The summed E-state index contributed by atoms with van der Waals surface area (Å²) >= 11 is 0. The Morgan fingerprint density at radius 3 is 2.60 bits per heavy atom. The molecule has 0 radical (unpaired) electrons. The highest BCUT2D eigenvalue weighted by molar-refractivity contribution is 6.13. The number of rotatable bonds is 4. The number of carbonyl (C=O) groups is 3. The van der Waals surface area contributed by atoms with Crippen molar-refractivity contribution in [3.8, 4) is 0 Å². The van der Waals surface area contributed by atoms with Crippen LogP contribution in [0.4, 0.5) is 5.69 Å². The highest BCUT2D eigenvalue weighted by Gasteiger charge is 2.63. The van der Waals surface area contributed by atoms with Crippen molar-refractivity contribution in [2.45, 2.75) is 42.7 Å². The Balaban J connectivity index is 1.41. The van der Waals surface area contributed by atoms with Crippen LogP contribution in [0.1, 0.15) is 17.5 Å². The van der Waals surface area contributed by atoms with Gasteiger partial charge in [0.1, 0.15) is 17.8 Å². The second-order valence-corrected chi connectivity index (χ2v) is 8.12. The maximum Gasteiger partial charge on any atom is 0.255 e. The van der Waals surface area contributed by atoms with Gasteiger partial charge in [-0.1, -0.05) is 48.5 Å². The fourth-order valence-corrected chi connectivity index (χ4v) is 4.82. The van der Waals surface area contributed by atoms with Crippen LogP contribution in [0.2, 0.25) is 0 Å². The van der Waals surface area contributed by atoms with E-state index in [9.17, 15) is 19.5 Å². The molecule has 3 aliphatic heterocycles. The first-order valence-corrected chi connectivity index (χ1v) is 9.94. The standard InChI is InChI=1S/C22H22N4O4/c23-14(10-12-6-2-1-3-7-12)18(27)17-20(29)26-16(19(28)25-17)11-22(30)13-8-4-5-9-15(13)24-21(22)26/h1-9,14,16-17,21,24,30H,10-11,23H2,(H,25,28)/t14-,16-,17-,21-,22+/m0/s1. The van der Waals surface area contributed by atoms with E-state index in [4.69, 9.17) is 5.73 Å². The molecular formula is C22H22N4O4. The molecule has 2 aromatic carbocycles. The minimum atomic E-state index is -1.39. The molecule has 2 saturated heterocycles. The van der Waals surface area contributed by atoms with Gasteiger partial charge in [-0.25, -0.2) is 0 Å². The van der Waals surface area contributed by atoms with Crippen LogP contribution in [0.3, 0.4) is 0 Å². The maximum atomic E-state index is 13.3. The molecule has 0 spiro atoms. The number of carbonyl (C=O) groups excluding carboxylic acids is 3. The monoisotopic (exact) mass is 406 g/mol. The Morgan fingerprint density at radius 2 is 1.83 bits per heavy atom. The Hall–Kier alpha value is -3.23. The van der Waals surface area contributed by atoms with Gasteiger partial charge in [0.15, 0.2) is 11.8 Å². The van der Waals surface area contributed by atoms with E-state index in [-0.39, 0.29) is 12.8 Å². The number of aliphatic hydroxyl groups is 1. The molecule has 0 saturated carbocycles. The molecule has 5 rings (SSSR count). The fourth-order valence-electron chi connectivity index (χ4n) is 4.82. The van der Waals surface area contributed by atoms with Crippen molar-refractivity contribution in [3.05, 3.63) is 65.7 Å². The predicted octanol–water partition coefficient (Wildman–Crippen LogP) is -0.136. The zero-order valence-electron chi connectivity index (χ0n) is 16.1. The summed E-state index contributed by atoms with van der Waals surface area (Å²) in [5.74, 6) is -1.54. The number of nitrogens with zero attached hydrogens (tertiary/aromatic N) is 1. The van der Waals surface area contributed by atoms with E-state index in [2.05, 4.69) is 10.6 Å². The zero-order chi connectivity index (χ0) is 21.0. The topological polar surface area (TPSA) is 125 Å². The van der Waals surface area contributed by atoms with Gasteiger partial charge in [0.25, 0.3) is 5.91 Å². The number of amides is 2. The van der Waals surface area contributed by atoms with E-state index < -0.39 is 47.5 Å². The molecule has 5 atom stereocenters. The predicted molar refractivity (Wildman–Crippen MR) is 108 cm³/mol. The van der Waals surface area contributed by atoms with Gasteiger partial charge in [0.05, 0.1) is 6.04 Å². The summed E-state index contributed by atoms with van der Waals surface area (Å²) in [6, 6.07) is 13.3. The van der Waals surface area contributed by atoms with Gasteiger partial charge in [0.2, 0.25) is 5.91 Å². The number of hydrogen-bond acceptors (Lipinski definition) is 6. The molecule has 2 aromatic rings. The SMILES string of the molecule is N[C@@H](Cc1ccccc1)C(=O)[C@@H]1NC(=O)[C@@H]2C[C@@]3(O)c4ccccc4N[C@H]3N2C1=O. The smallest absolute Gasteiger partial charge is 0.255 e. The van der Waals surface area contributed by atoms with Crippen LogP contribution >= 0.6 is 0 Å². The van der Waals surface area contributed by atoms with Gasteiger partial charge in [-0.3, -0.25) is 14.4 Å². The highest BCUT2D eigenvalue weighted by atomic mass is 16.3. The lowest BCUT2D eigenvalue weighted by atomic mass is 9.91. The van der Waals surface area contributed by atoms with Gasteiger partial charge in [-0.15, -0.1) is 0 Å². The molecule has 30 heavy (non-hydrogen) atoms. The van der Waals surface area contributed by atoms with E-state index in [0.29, 0.717) is 11.3 Å². The molecule has 8 heteroatoms. The minimum Gasteiger partial charge on any atom is -0.381 e. The highest BCUT2D eigenvalue weighted by Crippen LogP contribution is 2.49. The second-order valence-electron chi connectivity index (χ2n) is 8.12. The molecule has 0 aromatic heterocycles. The minimum absolute atomic E-state index is 0.0657. The fraction of sp³-hybridized carbons (Fsp3) is 0.318. The summed E-state index contributed by atoms with van der Waals surface area (Å²) in [6.45, 7) is 0. The van der Waals surface area contributed by atoms with E-state index in [0.717, 1.165) is 5.56 Å². The number of nitrogens with two attached hydrogens (primary N) is 1. The van der Waals surface area contributed by atoms with Gasteiger partial charge in [-0.2, -0.15) is 0 Å². The number of hydrogen-bond donors (Lipinski definition) is 4. The van der Waals surface area contributed by atoms with Crippen molar-refractivity contribution in [1.29, 1.82) is 0 Å². The molecule has 2 amide bonds. The quantitative estimate of drug-likeness (QED) is 0.524. The van der Waals surface area contributed by atoms with E-state index in [1.54, 1.807) is 12.1 Å². The summed E-state index contributed by atoms with van der Waals surface area (Å²) in [4.78, 5) is 40.3. The Kier molecular flexibility index (Phi) is 4.16. The molecule has 8 nitrogen and oxygen atoms in total. The molecular weight excluding hydrogens is 384 g/mol. The Labute approximate surface area is 173 Å². The third-order valence-corrected chi connectivity index (χ3v) is 6.30. The third kappa shape index (κ3) is 2.64. The largest absolute Gasteiger partial charge is 0.381 e. The van der Waals surface area contributed by atoms with Crippen molar-refractivity contribution < 1.29 is 19.5 Å². The number of nitrogens with one attached hydrogen (secondary N) is 2. The molecule has 0 bridgehead atoms. The van der Waals surface area contributed by atoms with Gasteiger partial charge in [0, 0.05) is 17.7 Å². The van der Waals surface area contributed by atoms with E-state index in [1.807, 2.05) is 42.5 Å². The van der Waals surface area contributed by atoms with Crippen LogP contribution in [0.15, 0.2) is 54.6 Å². The lowest BCUT2D eigenvalue weighted by Gasteiger charge is -2.37. The van der Waals surface area contributed by atoms with Crippen LogP contribution < -0.4 is 16.4 Å². The van der Waals surface area contributed by atoms with Crippen molar-refractivity contribution in [2.24, 2.45) is 5.73 Å². The van der Waals surface area contributed by atoms with Crippen molar-refractivity contribution in [1.82, 2.24) is 10.2 Å². The van der Waals surface area contributed by atoms with Crippen LogP contribution in [-0.4, -0.2) is 51.9 Å². The Bertz CT molecular complexity index is 1040. The first-order valence-electron chi connectivity index (χ1n) is 9.94. The van der Waals surface area contributed by atoms with Crippen molar-refractivity contribution >= 4 is 23.3 Å². The zero-order valence-corrected chi connectivity index (χ0v) is 16.1. The average Bonchev–Trinajstić information content (AvgIpc) is 3.20. The van der Waals surface area contributed by atoms with Gasteiger partial charge < -0.3 is 26.4 Å². The maximum absolute atomic E-state index is 13.3. The number of Topliss-reactive ketones (excluding diaryl/α,β-unsaturated/α-hetero) is 1. The molecule has 154 valence electrons. The van der Waals surface area contributed by atoms with Crippen LogP contribution in [0, 0.1) is 0 Å². The molecule has 5 N–H and O–H groups in total. The van der Waals surface area contributed by atoms with Crippen molar-refractivity contribution in [2.75, 3.05) is 5.32 Å². The molecule has 0 aliphatic carbocycles. The lowest BCUT2D eigenvalue weighted by molar-refractivity contribution is -0.152. The van der Waals surface area contributed by atoms with Crippen LogP contribution in [0.25, 0.3) is 0 Å².